The van der Waals surface area contributed by atoms with Gasteiger partial charge in [-0.2, -0.15) is 0 Å². The monoisotopic (exact) mass is 289 g/mol. The van der Waals surface area contributed by atoms with Crippen molar-refractivity contribution in [3.05, 3.63) is 35.9 Å². The van der Waals surface area contributed by atoms with Crippen molar-refractivity contribution in [2.45, 2.75) is 6.92 Å². The lowest BCUT2D eigenvalue weighted by atomic mass is 10.1. The highest BCUT2D eigenvalue weighted by molar-refractivity contribution is 6.52. The summed E-state index contributed by atoms with van der Waals surface area (Å²) in [5.74, 6) is -1.41. The summed E-state index contributed by atoms with van der Waals surface area (Å²) < 4.78 is 9.85. The van der Waals surface area contributed by atoms with Crippen molar-refractivity contribution in [3.63, 3.8) is 0 Å². The minimum atomic E-state index is -0.691. The molecule has 0 radical (unpaired) electrons. The number of ketones is 1. The van der Waals surface area contributed by atoms with Gasteiger partial charge in [-0.3, -0.25) is 9.59 Å². The molecule has 2 rings (SSSR count). The molecule has 0 unspecified atom stereocenters. The summed E-state index contributed by atoms with van der Waals surface area (Å²) in [6, 6.07) is 4.75. The fourth-order valence-electron chi connectivity index (χ4n) is 2.05. The summed E-state index contributed by atoms with van der Waals surface area (Å²) in [5.41, 5.74) is 0.814. The zero-order chi connectivity index (χ0) is 15.6. The first kappa shape index (κ1) is 14.8. The van der Waals surface area contributed by atoms with Gasteiger partial charge in [0.15, 0.2) is 0 Å². The van der Waals surface area contributed by atoms with Crippen LogP contribution in [0.3, 0.4) is 0 Å². The Hall–Kier alpha value is -2.63. The van der Waals surface area contributed by atoms with E-state index in [9.17, 15) is 14.4 Å². The Balaban J connectivity index is 2.27. The van der Waals surface area contributed by atoms with E-state index in [1.54, 1.807) is 19.1 Å². The molecule has 0 aliphatic carbocycles. The SMILES string of the molecule is C=C(CN1C(=O)C(=O)c2cc(OC)ccc21)C(=O)OCC. The van der Waals surface area contributed by atoms with Crippen LogP contribution in [0.2, 0.25) is 0 Å². The van der Waals surface area contributed by atoms with Crippen LogP contribution in [0.15, 0.2) is 30.4 Å². The third kappa shape index (κ3) is 2.65. The number of fused-ring (bicyclic) bond motifs is 1. The van der Waals surface area contributed by atoms with E-state index in [0.29, 0.717) is 11.4 Å². The number of ether oxygens (including phenoxy) is 2. The molecular formula is C15H15NO5. The number of hydrogen-bond acceptors (Lipinski definition) is 5. The second-order valence-electron chi connectivity index (χ2n) is 4.43. The molecule has 0 bridgehead atoms. The molecule has 0 atom stereocenters. The largest absolute Gasteiger partial charge is 0.497 e. The van der Waals surface area contributed by atoms with Crippen LogP contribution in [-0.2, 0) is 14.3 Å². The zero-order valence-electron chi connectivity index (χ0n) is 11.8. The minimum absolute atomic E-state index is 0.0806. The number of nitrogens with zero attached hydrogens (tertiary/aromatic N) is 1. The van der Waals surface area contributed by atoms with Crippen molar-refractivity contribution in [3.8, 4) is 5.75 Å². The maximum atomic E-state index is 12.0. The van der Waals surface area contributed by atoms with Gasteiger partial charge in [0.05, 0.1) is 31.5 Å². The summed E-state index contributed by atoms with van der Waals surface area (Å²) in [4.78, 5) is 36.8. The van der Waals surface area contributed by atoms with Crippen molar-refractivity contribution >= 4 is 23.3 Å². The predicted molar refractivity (Wildman–Crippen MR) is 75.5 cm³/mol. The molecule has 6 heteroatoms. The number of methoxy groups -OCH3 is 1. The lowest BCUT2D eigenvalue weighted by molar-refractivity contribution is -0.138. The fraction of sp³-hybridized carbons (Fsp3) is 0.267. The standard InChI is InChI=1S/C15H15NO5/c1-4-21-15(19)9(2)8-16-12-6-5-10(20-3)7-11(12)13(17)14(16)18/h5-7H,2,4,8H2,1,3H3. The van der Waals surface area contributed by atoms with Crippen LogP contribution in [0.5, 0.6) is 5.75 Å². The molecule has 0 spiro atoms. The van der Waals surface area contributed by atoms with E-state index in [2.05, 4.69) is 6.58 Å². The van der Waals surface area contributed by atoms with Crippen molar-refractivity contribution in [1.82, 2.24) is 0 Å². The molecule has 1 amide bonds. The van der Waals surface area contributed by atoms with Gasteiger partial charge in [0.1, 0.15) is 5.75 Å². The number of carbonyl (C=O) groups is 3. The number of benzene rings is 1. The molecule has 0 aromatic heterocycles. The second-order valence-corrected chi connectivity index (χ2v) is 4.43. The lowest BCUT2D eigenvalue weighted by Crippen LogP contribution is -2.33. The number of anilines is 1. The molecule has 1 heterocycles. The van der Waals surface area contributed by atoms with Gasteiger partial charge in [-0.15, -0.1) is 0 Å². The molecule has 21 heavy (non-hydrogen) atoms. The van der Waals surface area contributed by atoms with Crippen LogP contribution in [0, 0.1) is 0 Å². The van der Waals surface area contributed by atoms with Gasteiger partial charge in [0, 0.05) is 5.57 Å². The van der Waals surface area contributed by atoms with Crippen molar-refractivity contribution in [2.75, 3.05) is 25.2 Å². The van der Waals surface area contributed by atoms with Crippen LogP contribution < -0.4 is 9.64 Å². The molecule has 1 aliphatic heterocycles. The number of rotatable bonds is 5. The maximum Gasteiger partial charge on any atom is 0.335 e. The molecule has 0 saturated carbocycles. The molecule has 6 nitrogen and oxygen atoms in total. The Kier molecular flexibility index (Phi) is 4.07. The summed E-state index contributed by atoms with van der Waals surface area (Å²) >= 11 is 0. The summed E-state index contributed by atoms with van der Waals surface area (Å²) in [7, 11) is 1.48. The first-order chi connectivity index (χ1) is 9.99. The Morgan fingerprint density at radius 1 is 1.33 bits per heavy atom. The van der Waals surface area contributed by atoms with Gasteiger partial charge in [-0.1, -0.05) is 6.58 Å². The van der Waals surface area contributed by atoms with Crippen LogP contribution in [0.4, 0.5) is 5.69 Å². The Morgan fingerprint density at radius 3 is 2.67 bits per heavy atom. The molecule has 1 aromatic carbocycles. The number of carbonyl (C=O) groups excluding carboxylic acids is 3. The minimum Gasteiger partial charge on any atom is -0.497 e. The third-order valence-electron chi connectivity index (χ3n) is 3.09. The van der Waals surface area contributed by atoms with Gasteiger partial charge >= 0.3 is 5.97 Å². The third-order valence-corrected chi connectivity index (χ3v) is 3.09. The highest BCUT2D eigenvalue weighted by Crippen LogP contribution is 2.32. The van der Waals surface area contributed by atoms with E-state index in [1.165, 1.54) is 18.1 Å². The van der Waals surface area contributed by atoms with Gasteiger partial charge in [-0.05, 0) is 25.1 Å². The summed E-state index contributed by atoms with van der Waals surface area (Å²) in [6.07, 6.45) is 0. The quantitative estimate of drug-likeness (QED) is 0.464. The average Bonchev–Trinajstić information content (AvgIpc) is 2.72. The van der Waals surface area contributed by atoms with Crippen LogP contribution in [0.25, 0.3) is 0 Å². The molecule has 1 aliphatic rings. The van der Waals surface area contributed by atoms with Crippen molar-refractivity contribution in [2.24, 2.45) is 0 Å². The van der Waals surface area contributed by atoms with Crippen LogP contribution in [-0.4, -0.2) is 37.9 Å². The van der Waals surface area contributed by atoms with Crippen molar-refractivity contribution in [1.29, 1.82) is 0 Å². The summed E-state index contributed by atoms with van der Waals surface area (Å²) in [5, 5.41) is 0. The first-order valence-electron chi connectivity index (χ1n) is 6.38. The fourth-order valence-corrected chi connectivity index (χ4v) is 2.05. The number of hydrogen-bond donors (Lipinski definition) is 0. The van der Waals surface area contributed by atoms with E-state index in [-0.39, 0.29) is 24.3 Å². The van der Waals surface area contributed by atoms with E-state index in [1.807, 2.05) is 0 Å². The number of esters is 1. The van der Waals surface area contributed by atoms with Gasteiger partial charge in [-0.25, -0.2) is 4.79 Å². The van der Waals surface area contributed by atoms with Gasteiger partial charge in [0.25, 0.3) is 11.7 Å². The molecule has 0 saturated heterocycles. The average molecular weight is 289 g/mol. The molecular weight excluding hydrogens is 274 g/mol. The normalized spacial score (nSPS) is 13.1. The van der Waals surface area contributed by atoms with E-state index in [4.69, 9.17) is 9.47 Å². The number of amides is 1. The predicted octanol–water partition coefficient (Wildman–Crippen LogP) is 1.34. The number of Topliss-reactive ketones (excluding diaryl/α,β-unsaturated/α-hetero) is 1. The van der Waals surface area contributed by atoms with Crippen LogP contribution in [0.1, 0.15) is 17.3 Å². The van der Waals surface area contributed by atoms with E-state index in [0.717, 1.165) is 0 Å². The smallest absolute Gasteiger partial charge is 0.335 e. The molecule has 0 N–H and O–H groups in total. The molecule has 0 fully saturated rings. The second kappa shape index (κ2) is 5.78. The molecule has 110 valence electrons. The van der Waals surface area contributed by atoms with Gasteiger partial charge in [0.2, 0.25) is 0 Å². The van der Waals surface area contributed by atoms with Gasteiger partial charge < -0.3 is 14.4 Å². The highest BCUT2D eigenvalue weighted by Gasteiger charge is 2.36. The summed E-state index contributed by atoms with van der Waals surface area (Å²) in [6.45, 7) is 5.42. The Bertz CT molecular complexity index is 635. The Labute approximate surface area is 121 Å². The Morgan fingerprint density at radius 2 is 2.05 bits per heavy atom. The van der Waals surface area contributed by atoms with Crippen molar-refractivity contribution < 1.29 is 23.9 Å². The lowest BCUT2D eigenvalue weighted by Gasteiger charge is -2.17. The highest BCUT2D eigenvalue weighted by atomic mass is 16.5. The topological polar surface area (TPSA) is 72.9 Å². The van der Waals surface area contributed by atoms with E-state index >= 15 is 0 Å². The van der Waals surface area contributed by atoms with E-state index < -0.39 is 17.7 Å². The first-order valence-corrected chi connectivity index (χ1v) is 6.38. The maximum absolute atomic E-state index is 12.0. The zero-order valence-corrected chi connectivity index (χ0v) is 11.8. The molecule has 1 aromatic rings. The van der Waals surface area contributed by atoms with Crippen LogP contribution >= 0.6 is 0 Å².